The number of nitrogens with zero attached hydrogens (tertiary/aromatic N) is 1. The van der Waals surface area contributed by atoms with Crippen LogP contribution in [0.2, 0.25) is 10.0 Å². The van der Waals surface area contributed by atoms with Gasteiger partial charge in [-0.1, -0.05) is 23.2 Å². The lowest BCUT2D eigenvalue weighted by Crippen LogP contribution is -2.14. The second-order valence-corrected chi connectivity index (χ2v) is 5.62. The number of benzene rings is 2. The quantitative estimate of drug-likeness (QED) is 0.538. The van der Waals surface area contributed by atoms with Gasteiger partial charge in [-0.05, 0) is 42.5 Å². The van der Waals surface area contributed by atoms with Gasteiger partial charge in [-0.15, -0.1) is 0 Å². The van der Waals surface area contributed by atoms with E-state index in [1.165, 1.54) is 36.5 Å². The first-order valence-electron chi connectivity index (χ1n) is 6.87. The summed E-state index contributed by atoms with van der Waals surface area (Å²) in [4.78, 5) is 22.9. The molecule has 126 valence electrons. The molecule has 0 spiro atoms. The molecule has 0 fully saturated rings. The predicted octanol–water partition coefficient (Wildman–Crippen LogP) is 4.15. The van der Waals surface area contributed by atoms with Crippen LogP contribution >= 0.6 is 23.2 Å². The zero-order chi connectivity index (χ0) is 18.4. The van der Waals surface area contributed by atoms with Gasteiger partial charge in [0.25, 0.3) is 5.91 Å². The molecule has 0 radical (unpaired) electrons. The minimum absolute atomic E-state index is 0.0908. The molecule has 25 heavy (non-hydrogen) atoms. The van der Waals surface area contributed by atoms with Gasteiger partial charge >= 0.3 is 5.97 Å². The lowest BCUT2D eigenvalue weighted by atomic mass is 10.2. The summed E-state index contributed by atoms with van der Waals surface area (Å²) in [6.07, 6.45) is 1.22. The van der Waals surface area contributed by atoms with E-state index >= 15 is 0 Å². The largest absolute Gasteiger partial charge is 0.478 e. The highest BCUT2D eigenvalue weighted by Crippen LogP contribution is 2.25. The smallest absolute Gasteiger partial charge is 0.335 e. The Hall–Kier alpha value is -3.01. The van der Waals surface area contributed by atoms with Crippen molar-refractivity contribution in [3.8, 4) is 6.07 Å². The Morgan fingerprint density at radius 1 is 1.12 bits per heavy atom. The van der Waals surface area contributed by atoms with Crippen LogP contribution in [0.15, 0.2) is 54.2 Å². The summed E-state index contributed by atoms with van der Waals surface area (Å²) in [5, 5.41) is 24.0. The van der Waals surface area contributed by atoms with Crippen molar-refractivity contribution in [2.45, 2.75) is 0 Å². The van der Waals surface area contributed by atoms with Gasteiger partial charge in [0.1, 0.15) is 11.6 Å². The summed E-state index contributed by atoms with van der Waals surface area (Å²) >= 11 is 11.8. The molecule has 0 heterocycles. The van der Waals surface area contributed by atoms with Crippen molar-refractivity contribution in [2.75, 3.05) is 10.6 Å². The van der Waals surface area contributed by atoms with Crippen LogP contribution in [0.1, 0.15) is 10.4 Å². The minimum Gasteiger partial charge on any atom is -0.478 e. The first-order valence-corrected chi connectivity index (χ1v) is 7.63. The fourth-order valence-electron chi connectivity index (χ4n) is 1.80. The number of hydrogen-bond donors (Lipinski definition) is 3. The number of carbonyl (C=O) groups excluding carboxylic acids is 1. The Kier molecular flexibility index (Phi) is 6.01. The van der Waals surface area contributed by atoms with Gasteiger partial charge in [0, 0.05) is 16.9 Å². The maximum Gasteiger partial charge on any atom is 0.335 e. The molecule has 1 amide bonds. The van der Waals surface area contributed by atoms with Crippen LogP contribution in [0.25, 0.3) is 0 Å². The number of nitriles is 1. The monoisotopic (exact) mass is 375 g/mol. The van der Waals surface area contributed by atoms with Crippen LogP contribution in [-0.2, 0) is 4.79 Å². The second-order valence-electron chi connectivity index (χ2n) is 4.77. The molecule has 2 aromatic carbocycles. The standard InChI is InChI=1S/C17H11Cl2N3O3/c18-12-3-6-15(14(19)7-12)21-9-11(8-20)16(23)22-13-4-1-10(2-5-13)17(24)25/h1-7,9,21H,(H,22,23)(H,24,25)/b11-9-. The lowest BCUT2D eigenvalue weighted by molar-refractivity contribution is -0.112. The molecule has 2 rings (SSSR count). The fourth-order valence-corrected chi connectivity index (χ4v) is 2.26. The number of nitrogens with one attached hydrogen (secondary N) is 2. The average Bonchev–Trinajstić information content (AvgIpc) is 2.57. The Bertz CT molecular complexity index is 887. The molecule has 0 unspecified atom stereocenters. The molecule has 3 N–H and O–H groups in total. The Balaban J connectivity index is 2.09. The fraction of sp³-hybridized carbons (Fsp3) is 0. The van der Waals surface area contributed by atoms with Gasteiger partial charge < -0.3 is 15.7 Å². The third-order valence-electron chi connectivity index (χ3n) is 3.06. The topological polar surface area (TPSA) is 102 Å². The molecule has 0 aromatic heterocycles. The third-order valence-corrected chi connectivity index (χ3v) is 3.61. The summed E-state index contributed by atoms with van der Waals surface area (Å²) in [6, 6.07) is 12.1. The molecular weight excluding hydrogens is 365 g/mol. The molecule has 0 saturated heterocycles. The number of carboxylic acids is 1. The number of aromatic carboxylic acids is 1. The number of carbonyl (C=O) groups is 2. The molecule has 2 aromatic rings. The first-order chi connectivity index (χ1) is 11.9. The van der Waals surface area contributed by atoms with Crippen molar-refractivity contribution in [1.29, 1.82) is 5.26 Å². The summed E-state index contributed by atoms with van der Waals surface area (Å²) in [5.74, 6) is -1.72. The Morgan fingerprint density at radius 3 is 2.36 bits per heavy atom. The summed E-state index contributed by atoms with van der Waals surface area (Å²) in [7, 11) is 0. The van der Waals surface area contributed by atoms with E-state index in [2.05, 4.69) is 10.6 Å². The Labute approximate surface area is 153 Å². The van der Waals surface area contributed by atoms with E-state index in [0.717, 1.165) is 0 Å². The molecule has 0 bridgehead atoms. The highest BCUT2D eigenvalue weighted by atomic mass is 35.5. The van der Waals surface area contributed by atoms with E-state index < -0.39 is 11.9 Å². The van der Waals surface area contributed by atoms with Crippen LogP contribution in [-0.4, -0.2) is 17.0 Å². The third kappa shape index (κ3) is 4.98. The minimum atomic E-state index is -1.07. The number of amides is 1. The van der Waals surface area contributed by atoms with E-state index in [1.54, 1.807) is 18.2 Å². The molecule has 0 aliphatic rings. The van der Waals surface area contributed by atoms with Crippen LogP contribution in [0.5, 0.6) is 0 Å². The van der Waals surface area contributed by atoms with Crippen LogP contribution < -0.4 is 10.6 Å². The maximum absolute atomic E-state index is 12.1. The number of hydrogen-bond acceptors (Lipinski definition) is 4. The van der Waals surface area contributed by atoms with Gasteiger partial charge in [-0.25, -0.2) is 4.79 Å². The molecule has 0 saturated carbocycles. The SMILES string of the molecule is N#C/C(=C/Nc1ccc(Cl)cc1Cl)C(=O)Nc1ccc(C(=O)O)cc1. The second kappa shape index (κ2) is 8.20. The van der Waals surface area contributed by atoms with Gasteiger partial charge in [-0.3, -0.25) is 4.79 Å². The summed E-state index contributed by atoms with van der Waals surface area (Å²) in [6.45, 7) is 0. The van der Waals surface area contributed by atoms with Crippen molar-refractivity contribution >= 4 is 46.5 Å². The van der Waals surface area contributed by atoms with Crippen molar-refractivity contribution in [1.82, 2.24) is 0 Å². The zero-order valence-electron chi connectivity index (χ0n) is 12.6. The number of halogens is 2. The molecular formula is C17H11Cl2N3O3. The van der Waals surface area contributed by atoms with Crippen LogP contribution in [0.4, 0.5) is 11.4 Å². The maximum atomic E-state index is 12.1. The molecule has 8 heteroatoms. The van der Waals surface area contributed by atoms with Gasteiger partial charge in [-0.2, -0.15) is 5.26 Å². The zero-order valence-corrected chi connectivity index (χ0v) is 14.1. The van der Waals surface area contributed by atoms with Gasteiger partial charge in [0.05, 0.1) is 16.3 Å². The Morgan fingerprint density at radius 2 is 1.80 bits per heavy atom. The number of rotatable bonds is 5. The van der Waals surface area contributed by atoms with Gasteiger partial charge in [0.15, 0.2) is 0 Å². The average molecular weight is 376 g/mol. The van der Waals surface area contributed by atoms with Crippen molar-refractivity contribution in [2.24, 2.45) is 0 Å². The van der Waals surface area contributed by atoms with E-state index in [0.29, 0.717) is 21.4 Å². The van der Waals surface area contributed by atoms with E-state index in [4.69, 9.17) is 33.6 Å². The molecule has 6 nitrogen and oxygen atoms in total. The van der Waals surface area contributed by atoms with E-state index in [1.807, 2.05) is 0 Å². The van der Waals surface area contributed by atoms with Crippen molar-refractivity contribution in [3.63, 3.8) is 0 Å². The molecule has 0 aliphatic carbocycles. The highest BCUT2D eigenvalue weighted by Gasteiger charge is 2.10. The van der Waals surface area contributed by atoms with E-state index in [-0.39, 0.29) is 11.1 Å². The summed E-state index contributed by atoms with van der Waals surface area (Å²) < 4.78 is 0. The van der Waals surface area contributed by atoms with Gasteiger partial charge in [0.2, 0.25) is 0 Å². The first kappa shape index (κ1) is 18.3. The molecule has 0 atom stereocenters. The molecule has 0 aliphatic heterocycles. The normalized spacial score (nSPS) is 10.7. The van der Waals surface area contributed by atoms with Crippen LogP contribution in [0, 0.1) is 11.3 Å². The van der Waals surface area contributed by atoms with Crippen molar-refractivity contribution in [3.05, 3.63) is 69.8 Å². The number of carboxylic acid groups (broad SMARTS) is 1. The van der Waals surface area contributed by atoms with Crippen molar-refractivity contribution < 1.29 is 14.7 Å². The van der Waals surface area contributed by atoms with Crippen LogP contribution in [0.3, 0.4) is 0 Å². The lowest BCUT2D eigenvalue weighted by Gasteiger charge is -2.07. The summed E-state index contributed by atoms with van der Waals surface area (Å²) in [5.41, 5.74) is 0.750. The van der Waals surface area contributed by atoms with E-state index in [9.17, 15) is 9.59 Å². The predicted molar refractivity (Wildman–Crippen MR) is 95.8 cm³/mol. The highest BCUT2D eigenvalue weighted by molar-refractivity contribution is 6.36. The number of anilines is 2.